The predicted molar refractivity (Wildman–Crippen MR) is 98.4 cm³/mol. The molecular weight excluding hydrogens is 328 g/mol. The summed E-state index contributed by atoms with van der Waals surface area (Å²) in [6.45, 7) is 3.97. The lowest BCUT2D eigenvalue weighted by molar-refractivity contribution is -0.155. The van der Waals surface area contributed by atoms with Gasteiger partial charge in [-0.05, 0) is 37.5 Å². The third kappa shape index (κ3) is 4.02. The monoisotopic (exact) mass is 350 g/mol. The molecule has 0 saturated heterocycles. The SMILES string of the molecule is CCOC(=O)C1=C[C@H](c2ccc(C)cc2)[C@H](Cc2ccccc2)C(=O)O1. The second-order valence-corrected chi connectivity index (χ2v) is 6.41. The average Bonchev–Trinajstić information content (AvgIpc) is 2.65. The molecule has 0 fully saturated rings. The maximum Gasteiger partial charge on any atom is 0.374 e. The number of ether oxygens (including phenoxy) is 2. The first-order valence-corrected chi connectivity index (χ1v) is 8.79. The van der Waals surface area contributed by atoms with Crippen LogP contribution in [0.25, 0.3) is 0 Å². The Bertz CT molecular complexity index is 806. The zero-order valence-electron chi connectivity index (χ0n) is 15.0. The van der Waals surface area contributed by atoms with Crippen LogP contribution in [0.4, 0.5) is 0 Å². The van der Waals surface area contributed by atoms with Gasteiger partial charge in [-0.2, -0.15) is 0 Å². The number of hydrogen-bond acceptors (Lipinski definition) is 4. The summed E-state index contributed by atoms with van der Waals surface area (Å²) in [5, 5.41) is 0. The summed E-state index contributed by atoms with van der Waals surface area (Å²) in [5.74, 6) is -1.65. The van der Waals surface area contributed by atoms with Gasteiger partial charge in [-0.1, -0.05) is 60.2 Å². The number of carbonyl (C=O) groups excluding carboxylic acids is 2. The summed E-state index contributed by atoms with van der Waals surface area (Å²) in [6.07, 6.45) is 2.27. The van der Waals surface area contributed by atoms with Crippen LogP contribution >= 0.6 is 0 Å². The van der Waals surface area contributed by atoms with E-state index < -0.39 is 17.9 Å². The molecule has 2 aromatic rings. The Morgan fingerprint density at radius 2 is 1.77 bits per heavy atom. The fourth-order valence-corrected chi connectivity index (χ4v) is 3.15. The number of rotatable bonds is 5. The molecule has 1 aliphatic heterocycles. The van der Waals surface area contributed by atoms with Gasteiger partial charge in [-0.25, -0.2) is 4.79 Å². The second-order valence-electron chi connectivity index (χ2n) is 6.41. The van der Waals surface area contributed by atoms with Crippen LogP contribution in [0.15, 0.2) is 66.4 Å². The van der Waals surface area contributed by atoms with E-state index in [1.165, 1.54) is 0 Å². The van der Waals surface area contributed by atoms with Gasteiger partial charge in [0.1, 0.15) is 0 Å². The molecular formula is C22H22O4. The molecule has 0 aromatic heterocycles. The molecule has 0 saturated carbocycles. The van der Waals surface area contributed by atoms with E-state index in [9.17, 15) is 9.59 Å². The minimum Gasteiger partial charge on any atom is -0.460 e. The van der Waals surface area contributed by atoms with Gasteiger partial charge >= 0.3 is 11.9 Å². The molecule has 26 heavy (non-hydrogen) atoms. The van der Waals surface area contributed by atoms with Crippen LogP contribution in [0.3, 0.4) is 0 Å². The summed E-state index contributed by atoms with van der Waals surface area (Å²) >= 11 is 0. The summed E-state index contributed by atoms with van der Waals surface area (Å²) in [6, 6.07) is 17.8. The Morgan fingerprint density at radius 3 is 2.42 bits per heavy atom. The minimum absolute atomic E-state index is 0.0215. The Balaban J connectivity index is 1.97. The Hall–Kier alpha value is -2.88. The molecule has 4 nitrogen and oxygen atoms in total. The number of allylic oxidation sites excluding steroid dienone is 1. The van der Waals surface area contributed by atoms with Crippen LogP contribution in [0.5, 0.6) is 0 Å². The van der Waals surface area contributed by atoms with E-state index in [-0.39, 0.29) is 18.3 Å². The van der Waals surface area contributed by atoms with Crippen molar-refractivity contribution in [3.63, 3.8) is 0 Å². The normalized spacial score (nSPS) is 19.5. The summed E-state index contributed by atoms with van der Waals surface area (Å²) < 4.78 is 10.3. The van der Waals surface area contributed by atoms with Gasteiger partial charge in [-0.15, -0.1) is 0 Å². The molecule has 2 atom stereocenters. The molecule has 2 aromatic carbocycles. The van der Waals surface area contributed by atoms with Crippen LogP contribution in [-0.4, -0.2) is 18.5 Å². The quantitative estimate of drug-likeness (QED) is 0.767. The van der Waals surface area contributed by atoms with Crippen molar-refractivity contribution in [2.45, 2.75) is 26.2 Å². The first-order valence-electron chi connectivity index (χ1n) is 8.79. The maximum atomic E-state index is 12.7. The number of carbonyl (C=O) groups is 2. The molecule has 0 spiro atoms. The smallest absolute Gasteiger partial charge is 0.374 e. The van der Waals surface area contributed by atoms with E-state index in [1.54, 1.807) is 13.0 Å². The van der Waals surface area contributed by atoms with Crippen LogP contribution in [0.1, 0.15) is 29.5 Å². The molecule has 0 amide bonds. The molecule has 0 aliphatic carbocycles. The minimum atomic E-state index is -0.601. The van der Waals surface area contributed by atoms with Gasteiger partial charge in [0.25, 0.3) is 0 Å². The molecule has 0 radical (unpaired) electrons. The lowest BCUT2D eigenvalue weighted by atomic mass is 9.80. The Morgan fingerprint density at radius 1 is 1.08 bits per heavy atom. The van der Waals surface area contributed by atoms with E-state index >= 15 is 0 Å². The largest absolute Gasteiger partial charge is 0.460 e. The second kappa shape index (κ2) is 8.00. The fourth-order valence-electron chi connectivity index (χ4n) is 3.15. The van der Waals surface area contributed by atoms with Gasteiger partial charge in [0, 0.05) is 5.92 Å². The van der Waals surface area contributed by atoms with Crippen molar-refractivity contribution in [2.24, 2.45) is 5.92 Å². The Kier molecular flexibility index (Phi) is 5.52. The van der Waals surface area contributed by atoms with E-state index in [4.69, 9.17) is 9.47 Å². The summed E-state index contributed by atoms with van der Waals surface area (Å²) in [7, 11) is 0. The molecule has 134 valence electrons. The van der Waals surface area contributed by atoms with Crippen molar-refractivity contribution in [2.75, 3.05) is 6.61 Å². The molecule has 0 N–H and O–H groups in total. The molecule has 0 unspecified atom stereocenters. The zero-order valence-corrected chi connectivity index (χ0v) is 15.0. The molecule has 3 rings (SSSR count). The summed E-state index contributed by atoms with van der Waals surface area (Å²) in [5.41, 5.74) is 3.18. The van der Waals surface area contributed by atoms with Gasteiger partial charge < -0.3 is 9.47 Å². The highest BCUT2D eigenvalue weighted by atomic mass is 16.6. The van der Waals surface area contributed by atoms with Crippen LogP contribution < -0.4 is 0 Å². The van der Waals surface area contributed by atoms with E-state index in [0.29, 0.717) is 6.42 Å². The van der Waals surface area contributed by atoms with Crippen molar-refractivity contribution in [1.29, 1.82) is 0 Å². The molecule has 1 aliphatic rings. The van der Waals surface area contributed by atoms with Gasteiger partial charge in [0.05, 0.1) is 12.5 Å². The first kappa shape index (κ1) is 17.9. The topological polar surface area (TPSA) is 52.6 Å². The van der Waals surface area contributed by atoms with Crippen molar-refractivity contribution in [1.82, 2.24) is 0 Å². The number of esters is 2. The third-order valence-electron chi connectivity index (χ3n) is 4.52. The van der Waals surface area contributed by atoms with Gasteiger partial charge in [0.15, 0.2) is 0 Å². The number of hydrogen-bond donors (Lipinski definition) is 0. The summed E-state index contributed by atoms with van der Waals surface area (Å²) in [4.78, 5) is 24.8. The highest BCUT2D eigenvalue weighted by Crippen LogP contribution is 2.35. The van der Waals surface area contributed by atoms with E-state index in [2.05, 4.69) is 0 Å². The Labute approximate surface area is 153 Å². The highest BCUT2D eigenvalue weighted by Gasteiger charge is 2.37. The van der Waals surface area contributed by atoms with Crippen LogP contribution in [0.2, 0.25) is 0 Å². The highest BCUT2D eigenvalue weighted by molar-refractivity contribution is 5.92. The fraction of sp³-hybridized carbons (Fsp3) is 0.273. The molecule has 4 heteroatoms. The number of benzene rings is 2. The van der Waals surface area contributed by atoms with Crippen molar-refractivity contribution < 1.29 is 19.1 Å². The molecule has 1 heterocycles. The molecule has 0 bridgehead atoms. The van der Waals surface area contributed by atoms with Crippen molar-refractivity contribution in [3.8, 4) is 0 Å². The number of aryl methyl sites for hydroxylation is 1. The zero-order chi connectivity index (χ0) is 18.5. The number of cyclic esters (lactones) is 1. The maximum absolute atomic E-state index is 12.7. The average molecular weight is 350 g/mol. The first-order chi connectivity index (χ1) is 12.6. The van der Waals surface area contributed by atoms with E-state index in [1.807, 2.05) is 61.5 Å². The van der Waals surface area contributed by atoms with Crippen molar-refractivity contribution in [3.05, 3.63) is 83.1 Å². The van der Waals surface area contributed by atoms with Gasteiger partial charge in [0.2, 0.25) is 5.76 Å². The van der Waals surface area contributed by atoms with E-state index in [0.717, 1.165) is 16.7 Å². The lowest BCUT2D eigenvalue weighted by Crippen LogP contribution is -2.32. The van der Waals surface area contributed by atoms with Crippen LogP contribution in [0, 0.1) is 12.8 Å². The standard InChI is InChI=1S/C22H22O4/c1-3-25-22(24)20-14-18(17-11-9-15(2)10-12-17)19(21(23)26-20)13-16-7-5-4-6-8-16/h4-12,14,18-19H,3,13H2,1-2H3/t18-,19+/m1/s1. The van der Waals surface area contributed by atoms with Crippen LogP contribution in [-0.2, 0) is 25.5 Å². The van der Waals surface area contributed by atoms with Crippen molar-refractivity contribution >= 4 is 11.9 Å². The lowest BCUT2D eigenvalue weighted by Gasteiger charge is -2.28. The van der Waals surface area contributed by atoms with Gasteiger partial charge in [-0.3, -0.25) is 4.79 Å². The third-order valence-corrected chi connectivity index (χ3v) is 4.52. The predicted octanol–water partition coefficient (Wildman–Crippen LogP) is 3.94.